The molecule has 0 atom stereocenters. The van der Waals surface area contributed by atoms with Crippen LogP contribution in [0.2, 0.25) is 0 Å². The molecule has 3 rings (SSSR count). The van der Waals surface area contributed by atoms with Crippen molar-refractivity contribution in [2.24, 2.45) is 0 Å². The lowest BCUT2D eigenvalue weighted by molar-refractivity contribution is 0.146. The van der Waals surface area contributed by atoms with Crippen molar-refractivity contribution in [2.75, 3.05) is 20.8 Å². The molecule has 1 aliphatic rings. The molecule has 0 bridgehead atoms. The van der Waals surface area contributed by atoms with Gasteiger partial charge >= 0.3 is 0 Å². The average molecular weight is 296 g/mol. The van der Waals surface area contributed by atoms with Crippen molar-refractivity contribution in [3.8, 4) is 11.5 Å². The van der Waals surface area contributed by atoms with Gasteiger partial charge in [-0.05, 0) is 47.4 Å². The van der Waals surface area contributed by atoms with E-state index in [9.17, 15) is 0 Å². The quantitative estimate of drug-likeness (QED) is 0.854. The van der Waals surface area contributed by atoms with Crippen LogP contribution in [-0.4, -0.2) is 20.8 Å². The van der Waals surface area contributed by atoms with Crippen molar-refractivity contribution in [1.29, 1.82) is 0 Å². The molecule has 0 aromatic heterocycles. The van der Waals surface area contributed by atoms with E-state index in [1.807, 2.05) is 12.1 Å². The summed E-state index contributed by atoms with van der Waals surface area (Å²) in [5, 5.41) is 0. The number of hydrogen-bond donors (Lipinski definition) is 0. The Morgan fingerprint density at radius 1 is 0.955 bits per heavy atom. The molecule has 0 fully saturated rings. The summed E-state index contributed by atoms with van der Waals surface area (Å²) >= 11 is 0. The van der Waals surface area contributed by atoms with E-state index >= 15 is 0 Å². The predicted octanol–water partition coefficient (Wildman–Crippen LogP) is 4.08. The van der Waals surface area contributed by atoms with Crippen molar-refractivity contribution in [1.82, 2.24) is 0 Å². The lowest BCUT2D eigenvalue weighted by atomic mass is 9.95. The molecule has 3 heteroatoms. The normalized spacial score (nSPS) is 15.5. The lowest BCUT2D eigenvalue weighted by Gasteiger charge is -2.22. The highest BCUT2D eigenvalue weighted by atomic mass is 16.5. The van der Waals surface area contributed by atoms with Crippen LogP contribution in [0.15, 0.2) is 36.4 Å². The lowest BCUT2D eigenvalue weighted by Crippen LogP contribution is -2.10. The maximum atomic E-state index is 5.71. The van der Waals surface area contributed by atoms with Crippen LogP contribution in [0.4, 0.5) is 0 Å². The van der Waals surface area contributed by atoms with Gasteiger partial charge in [0.25, 0.3) is 0 Å². The minimum atomic E-state index is 0.598. The first-order valence-electron chi connectivity index (χ1n) is 7.31. The SMILES string of the molecule is COc1cc2c(cc1OC)/C(=C/c1ccc(C)cc1)COC2. The minimum absolute atomic E-state index is 0.598. The molecule has 0 radical (unpaired) electrons. The fraction of sp³-hybridized carbons (Fsp3) is 0.263. The third-order valence-corrected chi connectivity index (χ3v) is 3.89. The van der Waals surface area contributed by atoms with E-state index in [0.717, 1.165) is 22.6 Å². The number of ether oxygens (including phenoxy) is 3. The summed E-state index contributed by atoms with van der Waals surface area (Å²) in [5.74, 6) is 1.49. The molecule has 0 unspecified atom stereocenters. The van der Waals surface area contributed by atoms with Gasteiger partial charge in [0.2, 0.25) is 0 Å². The van der Waals surface area contributed by atoms with Crippen molar-refractivity contribution in [3.63, 3.8) is 0 Å². The molecule has 0 amide bonds. The maximum Gasteiger partial charge on any atom is 0.161 e. The molecule has 1 aliphatic heterocycles. The van der Waals surface area contributed by atoms with E-state index < -0.39 is 0 Å². The topological polar surface area (TPSA) is 27.7 Å². The van der Waals surface area contributed by atoms with Crippen molar-refractivity contribution < 1.29 is 14.2 Å². The Kier molecular flexibility index (Phi) is 4.16. The molecule has 2 aromatic rings. The Balaban J connectivity index is 2.05. The third kappa shape index (κ3) is 2.85. The molecule has 2 aromatic carbocycles. The molecule has 0 saturated heterocycles. The Morgan fingerprint density at radius 3 is 2.32 bits per heavy atom. The second kappa shape index (κ2) is 6.24. The zero-order valence-corrected chi connectivity index (χ0v) is 13.2. The molecule has 1 heterocycles. The van der Waals surface area contributed by atoms with Gasteiger partial charge in [-0.1, -0.05) is 29.8 Å². The van der Waals surface area contributed by atoms with E-state index in [1.54, 1.807) is 14.2 Å². The van der Waals surface area contributed by atoms with E-state index in [-0.39, 0.29) is 0 Å². The maximum absolute atomic E-state index is 5.71. The van der Waals surface area contributed by atoms with Crippen LogP contribution in [0.25, 0.3) is 11.6 Å². The molecule has 3 nitrogen and oxygen atoms in total. The van der Waals surface area contributed by atoms with Crippen LogP contribution >= 0.6 is 0 Å². The van der Waals surface area contributed by atoms with Gasteiger partial charge in [-0.15, -0.1) is 0 Å². The second-order valence-electron chi connectivity index (χ2n) is 5.44. The standard InChI is InChI=1S/C19H20O3/c1-13-4-6-14(7-5-13)8-15-11-22-12-16-9-18(20-2)19(21-3)10-17(15)16/h4-10H,11-12H2,1-3H3/b15-8+. The first kappa shape index (κ1) is 14.7. The summed E-state index contributed by atoms with van der Waals surface area (Å²) in [6.07, 6.45) is 2.17. The van der Waals surface area contributed by atoms with Gasteiger partial charge in [-0.2, -0.15) is 0 Å². The minimum Gasteiger partial charge on any atom is -0.493 e. The van der Waals surface area contributed by atoms with Crippen LogP contribution in [0.5, 0.6) is 11.5 Å². The van der Waals surface area contributed by atoms with Crippen LogP contribution in [-0.2, 0) is 11.3 Å². The van der Waals surface area contributed by atoms with E-state index in [0.29, 0.717) is 13.2 Å². The smallest absolute Gasteiger partial charge is 0.161 e. The summed E-state index contributed by atoms with van der Waals surface area (Å²) in [4.78, 5) is 0. The van der Waals surface area contributed by atoms with Gasteiger partial charge in [0, 0.05) is 0 Å². The number of rotatable bonds is 3. The molecule has 0 aliphatic carbocycles. The van der Waals surface area contributed by atoms with Crippen molar-refractivity contribution >= 4 is 11.6 Å². The molecule has 114 valence electrons. The molecular weight excluding hydrogens is 276 g/mol. The number of aryl methyl sites for hydroxylation is 1. The van der Waals surface area contributed by atoms with Crippen LogP contribution in [0.1, 0.15) is 22.3 Å². The summed E-state index contributed by atoms with van der Waals surface area (Å²) in [7, 11) is 3.31. The summed E-state index contributed by atoms with van der Waals surface area (Å²) in [5.41, 5.74) is 5.89. The van der Waals surface area contributed by atoms with Gasteiger partial charge in [0.1, 0.15) is 0 Å². The fourth-order valence-corrected chi connectivity index (χ4v) is 2.67. The van der Waals surface area contributed by atoms with Crippen LogP contribution < -0.4 is 9.47 Å². The zero-order chi connectivity index (χ0) is 15.5. The third-order valence-electron chi connectivity index (χ3n) is 3.89. The number of hydrogen-bond acceptors (Lipinski definition) is 3. The zero-order valence-electron chi connectivity index (χ0n) is 13.2. The Hall–Kier alpha value is -2.26. The van der Waals surface area contributed by atoms with Gasteiger partial charge in [-0.25, -0.2) is 0 Å². The monoisotopic (exact) mass is 296 g/mol. The van der Waals surface area contributed by atoms with E-state index in [4.69, 9.17) is 14.2 Å². The Bertz CT molecular complexity index is 699. The van der Waals surface area contributed by atoms with Gasteiger partial charge in [-0.3, -0.25) is 0 Å². The number of fused-ring (bicyclic) bond motifs is 1. The largest absolute Gasteiger partial charge is 0.493 e. The fourth-order valence-electron chi connectivity index (χ4n) is 2.67. The summed E-state index contributed by atoms with van der Waals surface area (Å²) in [6.45, 7) is 3.30. The van der Waals surface area contributed by atoms with E-state index in [2.05, 4.69) is 37.3 Å². The number of methoxy groups -OCH3 is 2. The van der Waals surface area contributed by atoms with E-state index in [1.165, 1.54) is 16.7 Å². The highest BCUT2D eigenvalue weighted by Crippen LogP contribution is 2.36. The highest BCUT2D eigenvalue weighted by molar-refractivity contribution is 5.85. The molecule has 0 N–H and O–H groups in total. The highest BCUT2D eigenvalue weighted by Gasteiger charge is 2.18. The van der Waals surface area contributed by atoms with Gasteiger partial charge in [0.05, 0.1) is 27.4 Å². The van der Waals surface area contributed by atoms with Crippen molar-refractivity contribution in [3.05, 3.63) is 58.7 Å². The molecule has 0 spiro atoms. The van der Waals surface area contributed by atoms with Gasteiger partial charge in [0.15, 0.2) is 11.5 Å². The molecule has 22 heavy (non-hydrogen) atoms. The van der Waals surface area contributed by atoms with Crippen LogP contribution in [0.3, 0.4) is 0 Å². The van der Waals surface area contributed by atoms with Crippen LogP contribution in [0, 0.1) is 6.92 Å². The average Bonchev–Trinajstić information content (AvgIpc) is 2.56. The van der Waals surface area contributed by atoms with Gasteiger partial charge < -0.3 is 14.2 Å². The summed E-state index contributed by atoms with van der Waals surface area (Å²) in [6, 6.07) is 12.5. The first-order valence-corrected chi connectivity index (χ1v) is 7.31. The molecule has 0 saturated carbocycles. The summed E-state index contributed by atoms with van der Waals surface area (Å²) < 4.78 is 16.5. The first-order chi connectivity index (χ1) is 10.7. The Labute approximate surface area is 131 Å². The predicted molar refractivity (Wildman–Crippen MR) is 88.3 cm³/mol. The second-order valence-corrected chi connectivity index (χ2v) is 5.44. The Morgan fingerprint density at radius 2 is 1.64 bits per heavy atom. The number of benzene rings is 2. The van der Waals surface area contributed by atoms with Crippen molar-refractivity contribution in [2.45, 2.75) is 13.5 Å². The molecular formula is C19H20O3.